The van der Waals surface area contributed by atoms with Gasteiger partial charge in [0.2, 0.25) is 5.75 Å². The highest BCUT2D eigenvalue weighted by molar-refractivity contribution is 7.13. The summed E-state index contributed by atoms with van der Waals surface area (Å²) in [6.07, 6.45) is 0. The highest BCUT2D eigenvalue weighted by Gasteiger charge is 2.19. The zero-order valence-corrected chi connectivity index (χ0v) is 22.3. The third kappa shape index (κ3) is 5.17. The van der Waals surface area contributed by atoms with E-state index in [-0.39, 0.29) is 0 Å². The lowest BCUT2D eigenvalue weighted by molar-refractivity contribution is 0.0997. The molecule has 3 aromatic carbocycles. The molecule has 0 atom stereocenters. The molecule has 1 amide bonds. The molecule has 0 unspecified atom stereocenters. The second kappa shape index (κ2) is 11.2. The molecule has 8 nitrogen and oxygen atoms in total. The zero-order chi connectivity index (χ0) is 26.5. The van der Waals surface area contributed by atoms with E-state index >= 15 is 0 Å². The van der Waals surface area contributed by atoms with Gasteiger partial charge in [0.15, 0.2) is 16.3 Å². The Labute approximate surface area is 219 Å². The van der Waals surface area contributed by atoms with Crippen LogP contribution in [-0.4, -0.2) is 46.0 Å². The topological polar surface area (TPSA) is 80.5 Å². The van der Waals surface area contributed by atoms with E-state index in [0.717, 1.165) is 33.2 Å². The molecule has 0 aliphatic heterocycles. The van der Waals surface area contributed by atoms with E-state index < -0.39 is 5.91 Å². The molecule has 0 radical (unpaired) electrons. The van der Waals surface area contributed by atoms with Gasteiger partial charge < -0.3 is 28.3 Å². The summed E-state index contributed by atoms with van der Waals surface area (Å²) >= 11 is 1.42. The Hall–Kier alpha value is -4.24. The van der Waals surface area contributed by atoms with Gasteiger partial charge in [-0.15, -0.1) is 0 Å². The number of nitrogens with zero attached hydrogens (tertiary/aromatic N) is 2. The summed E-state index contributed by atoms with van der Waals surface area (Å²) < 4.78 is 28.7. The first-order valence-electron chi connectivity index (χ1n) is 11.3. The van der Waals surface area contributed by atoms with Gasteiger partial charge >= 0.3 is 0 Å². The van der Waals surface area contributed by atoms with Crippen molar-refractivity contribution in [2.45, 2.75) is 0 Å². The number of thiazole rings is 1. The van der Waals surface area contributed by atoms with Crippen LogP contribution >= 0.6 is 11.3 Å². The Bertz CT molecular complexity index is 1450. The van der Waals surface area contributed by atoms with E-state index in [1.54, 1.807) is 26.4 Å². The molecular formula is C28H28N2O6S. The second-order valence-corrected chi connectivity index (χ2v) is 8.89. The number of carbonyl (C=O) groups is 1. The van der Waals surface area contributed by atoms with Gasteiger partial charge in [0, 0.05) is 12.6 Å². The highest BCUT2D eigenvalue weighted by Crippen LogP contribution is 2.39. The van der Waals surface area contributed by atoms with Crippen LogP contribution in [0.5, 0.6) is 28.7 Å². The largest absolute Gasteiger partial charge is 0.497 e. The maximum atomic E-state index is 13.3. The fourth-order valence-electron chi connectivity index (χ4n) is 3.92. The van der Waals surface area contributed by atoms with Gasteiger partial charge in [-0.2, -0.15) is 4.99 Å². The Morgan fingerprint density at radius 1 is 0.730 bits per heavy atom. The van der Waals surface area contributed by atoms with E-state index in [4.69, 9.17) is 23.7 Å². The normalized spacial score (nSPS) is 11.2. The number of carbonyl (C=O) groups excluding carboxylic acids is 1. The minimum absolute atomic E-state index is 0.319. The van der Waals surface area contributed by atoms with Crippen LogP contribution in [0.25, 0.3) is 21.7 Å². The predicted molar refractivity (Wildman–Crippen MR) is 143 cm³/mol. The number of hydrogen-bond acceptors (Lipinski definition) is 7. The molecule has 0 spiro atoms. The molecular weight excluding hydrogens is 492 g/mol. The SMILES string of the molecule is COc1ccc(-c2sc(=NC(=O)c3cc(OC)c(OC)c(OC)c3)n(C)c2-c2ccc(OC)cc2)cc1. The average Bonchev–Trinajstić information content (AvgIpc) is 3.27. The maximum absolute atomic E-state index is 13.3. The molecule has 0 saturated heterocycles. The summed E-state index contributed by atoms with van der Waals surface area (Å²) in [4.78, 5) is 19.3. The monoisotopic (exact) mass is 520 g/mol. The maximum Gasteiger partial charge on any atom is 0.279 e. The van der Waals surface area contributed by atoms with Gasteiger partial charge in [-0.05, 0) is 71.8 Å². The molecule has 0 aliphatic rings. The lowest BCUT2D eigenvalue weighted by Gasteiger charge is -2.12. The van der Waals surface area contributed by atoms with Crippen molar-refractivity contribution in [3.05, 3.63) is 71.0 Å². The minimum Gasteiger partial charge on any atom is -0.497 e. The summed E-state index contributed by atoms with van der Waals surface area (Å²) in [6.45, 7) is 0. The van der Waals surface area contributed by atoms with Crippen LogP contribution in [0.15, 0.2) is 65.7 Å². The first-order valence-corrected chi connectivity index (χ1v) is 12.1. The molecule has 1 heterocycles. The number of hydrogen-bond donors (Lipinski definition) is 0. The molecule has 0 bridgehead atoms. The van der Waals surface area contributed by atoms with Crippen molar-refractivity contribution in [1.82, 2.24) is 4.57 Å². The Balaban J connectivity index is 1.87. The second-order valence-electron chi connectivity index (χ2n) is 7.91. The molecule has 4 rings (SSSR count). The molecule has 37 heavy (non-hydrogen) atoms. The Morgan fingerprint density at radius 2 is 1.24 bits per heavy atom. The van der Waals surface area contributed by atoms with E-state index in [1.165, 1.54) is 32.7 Å². The molecule has 0 N–H and O–H groups in total. The first kappa shape index (κ1) is 25.8. The highest BCUT2D eigenvalue weighted by atomic mass is 32.1. The van der Waals surface area contributed by atoms with Crippen molar-refractivity contribution in [3.8, 4) is 50.4 Å². The van der Waals surface area contributed by atoms with E-state index in [9.17, 15) is 4.79 Å². The van der Waals surface area contributed by atoms with Gasteiger partial charge in [0.05, 0.1) is 46.1 Å². The molecule has 192 valence electrons. The molecule has 0 aliphatic carbocycles. The van der Waals surface area contributed by atoms with Gasteiger partial charge in [0.25, 0.3) is 5.91 Å². The van der Waals surface area contributed by atoms with Crippen LogP contribution in [0, 0.1) is 0 Å². The van der Waals surface area contributed by atoms with Crippen molar-refractivity contribution in [2.75, 3.05) is 35.5 Å². The molecule has 1 aromatic heterocycles. The summed E-state index contributed by atoms with van der Waals surface area (Å²) in [6, 6.07) is 18.8. The third-order valence-electron chi connectivity index (χ3n) is 5.86. The van der Waals surface area contributed by atoms with Crippen LogP contribution in [0.4, 0.5) is 0 Å². The number of ether oxygens (including phenoxy) is 5. The summed E-state index contributed by atoms with van der Waals surface area (Å²) in [5.74, 6) is 2.27. The quantitative estimate of drug-likeness (QED) is 0.318. The number of aromatic nitrogens is 1. The van der Waals surface area contributed by atoms with Crippen LogP contribution < -0.4 is 28.5 Å². The summed E-state index contributed by atoms with van der Waals surface area (Å²) in [5.41, 5.74) is 3.19. The lowest BCUT2D eigenvalue weighted by Crippen LogP contribution is -2.14. The van der Waals surface area contributed by atoms with Crippen LogP contribution in [0.1, 0.15) is 10.4 Å². The Morgan fingerprint density at radius 3 is 1.70 bits per heavy atom. The lowest BCUT2D eigenvalue weighted by atomic mass is 10.1. The van der Waals surface area contributed by atoms with Gasteiger partial charge in [-0.1, -0.05) is 11.3 Å². The van der Waals surface area contributed by atoms with E-state index in [0.29, 0.717) is 27.6 Å². The van der Waals surface area contributed by atoms with Crippen LogP contribution in [0.3, 0.4) is 0 Å². The van der Waals surface area contributed by atoms with E-state index in [2.05, 4.69) is 4.99 Å². The van der Waals surface area contributed by atoms with E-state index in [1.807, 2.05) is 60.1 Å². The van der Waals surface area contributed by atoms with Gasteiger partial charge in [0.1, 0.15) is 11.5 Å². The van der Waals surface area contributed by atoms with Crippen LogP contribution in [0.2, 0.25) is 0 Å². The van der Waals surface area contributed by atoms with Gasteiger partial charge in [-0.25, -0.2) is 0 Å². The average molecular weight is 521 g/mol. The predicted octanol–water partition coefficient (Wildman–Crippen LogP) is 5.20. The van der Waals surface area contributed by atoms with Crippen molar-refractivity contribution >= 4 is 17.2 Å². The van der Waals surface area contributed by atoms with Crippen molar-refractivity contribution in [2.24, 2.45) is 12.0 Å². The zero-order valence-electron chi connectivity index (χ0n) is 21.5. The first-order chi connectivity index (χ1) is 17.9. The van der Waals surface area contributed by atoms with Crippen molar-refractivity contribution in [3.63, 3.8) is 0 Å². The van der Waals surface area contributed by atoms with Crippen molar-refractivity contribution in [1.29, 1.82) is 0 Å². The summed E-state index contributed by atoms with van der Waals surface area (Å²) in [5, 5.41) is 0. The molecule has 4 aromatic rings. The minimum atomic E-state index is -0.432. The molecule has 0 fully saturated rings. The number of benzene rings is 3. The molecule has 0 saturated carbocycles. The van der Waals surface area contributed by atoms with Crippen LogP contribution in [-0.2, 0) is 7.05 Å². The van der Waals surface area contributed by atoms with Gasteiger partial charge in [-0.3, -0.25) is 4.79 Å². The summed E-state index contributed by atoms with van der Waals surface area (Å²) in [7, 11) is 9.68. The number of amides is 1. The smallest absolute Gasteiger partial charge is 0.279 e. The third-order valence-corrected chi connectivity index (χ3v) is 7.04. The number of rotatable bonds is 8. The van der Waals surface area contributed by atoms with Crippen molar-refractivity contribution < 1.29 is 28.5 Å². The fourth-order valence-corrected chi connectivity index (χ4v) is 5.07. The Kier molecular flexibility index (Phi) is 7.83. The standard InChI is InChI=1S/C28H28N2O6S/c1-30-24(17-7-11-20(32-2)12-8-17)26(18-9-13-21(33-3)14-10-18)37-28(30)29-27(31)19-15-22(34-4)25(36-6)23(16-19)35-5/h7-16H,1-6H3. The molecule has 9 heteroatoms. The fraction of sp³-hybridized carbons (Fsp3) is 0.214. The number of methoxy groups -OCH3 is 5.